The molecule has 3 rings (SSSR count). The predicted octanol–water partition coefficient (Wildman–Crippen LogP) is 6.05. The van der Waals surface area contributed by atoms with E-state index in [1.165, 1.54) is 16.4 Å². The second-order valence-electron chi connectivity index (χ2n) is 5.94. The highest BCUT2D eigenvalue weighted by molar-refractivity contribution is 8.77. The Hall–Kier alpha value is -1.69. The number of benzene rings is 3. The molecule has 0 saturated carbocycles. The maximum atomic E-state index is 13.3. The molecule has 26 heavy (non-hydrogen) atoms. The van der Waals surface area contributed by atoms with Gasteiger partial charge in [0.05, 0.1) is 4.90 Å². The molecule has 3 aromatic carbocycles. The van der Waals surface area contributed by atoms with Crippen LogP contribution in [0, 0.1) is 6.92 Å². The van der Waals surface area contributed by atoms with E-state index in [1.807, 2.05) is 67.6 Å². The summed E-state index contributed by atoms with van der Waals surface area (Å²) < 4.78 is 25.9. The molecule has 0 spiro atoms. The molecular weight excluding hydrogens is 380 g/mol. The average molecular weight is 401 g/mol. The summed E-state index contributed by atoms with van der Waals surface area (Å²) in [6.45, 7) is 1.95. The molecule has 134 valence electrons. The SMILES string of the molecule is Cc1ccc(S(=O)(=O)C(SSCc2ccccc2)c2ccccc2)cc1. The van der Waals surface area contributed by atoms with Gasteiger partial charge in [-0.3, -0.25) is 0 Å². The molecule has 0 aliphatic rings. The van der Waals surface area contributed by atoms with Crippen LogP contribution in [-0.4, -0.2) is 8.42 Å². The normalized spacial score (nSPS) is 12.7. The van der Waals surface area contributed by atoms with Crippen molar-refractivity contribution in [1.82, 2.24) is 0 Å². The Bertz CT molecular complexity index is 922. The van der Waals surface area contributed by atoms with Crippen molar-refractivity contribution in [2.75, 3.05) is 0 Å². The van der Waals surface area contributed by atoms with Crippen molar-refractivity contribution in [2.45, 2.75) is 22.2 Å². The van der Waals surface area contributed by atoms with Crippen molar-refractivity contribution in [3.8, 4) is 0 Å². The minimum atomic E-state index is -3.48. The highest BCUT2D eigenvalue weighted by Crippen LogP contribution is 2.45. The summed E-state index contributed by atoms with van der Waals surface area (Å²) in [4.78, 5) is 0.366. The number of aryl methyl sites for hydroxylation is 1. The zero-order valence-electron chi connectivity index (χ0n) is 14.4. The first-order valence-corrected chi connectivity index (χ1v) is 12.2. The molecule has 3 aromatic rings. The lowest BCUT2D eigenvalue weighted by Crippen LogP contribution is -2.10. The summed E-state index contributed by atoms with van der Waals surface area (Å²) in [6, 6.07) is 26.6. The zero-order valence-corrected chi connectivity index (χ0v) is 16.9. The van der Waals surface area contributed by atoms with E-state index in [4.69, 9.17) is 0 Å². The molecule has 0 fully saturated rings. The Balaban J connectivity index is 1.85. The first kappa shape index (κ1) is 19.1. The largest absolute Gasteiger partial charge is 0.222 e. The van der Waals surface area contributed by atoms with Gasteiger partial charge in [-0.1, -0.05) is 99.9 Å². The summed E-state index contributed by atoms with van der Waals surface area (Å²) in [5.74, 6) is 0.762. The van der Waals surface area contributed by atoms with Crippen LogP contribution in [0.25, 0.3) is 0 Å². The van der Waals surface area contributed by atoms with Gasteiger partial charge in [0.25, 0.3) is 0 Å². The minimum Gasteiger partial charge on any atom is -0.222 e. The molecule has 0 N–H and O–H groups in total. The van der Waals surface area contributed by atoms with Gasteiger partial charge in [-0.15, -0.1) is 0 Å². The van der Waals surface area contributed by atoms with E-state index in [2.05, 4.69) is 12.1 Å². The third kappa shape index (κ3) is 4.72. The van der Waals surface area contributed by atoms with Gasteiger partial charge in [-0.2, -0.15) is 0 Å². The number of sulfone groups is 1. The van der Waals surface area contributed by atoms with E-state index < -0.39 is 14.4 Å². The van der Waals surface area contributed by atoms with Crippen molar-refractivity contribution in [3.05, 3.63) is 102 Å². The molecule has 1 atom stereocenters. The van der Waals surface area contributed by atoms with Crippen molar-refractivity contribution in [2.24, 2.45) is 0 Å². The van der Waals surface area contributed by atoms with Crippen LogP contribution in [0.1, 0.15) is 21.3 Å². The standard InChI is InChI=1S/C21H20O2S3/c1-17-12-14-20(15-13-17)26(22,23)21(19-10-6-3-7-11-19)25-24-16-18-8-4-2-5-9-18/h2-15,21H,16H2,1H3. The highest BCUT2D eigenvalue weighted by Gasteiger charge is 2.30. The lowest BCUT2D eigenvalue weighted by molar-refractivity contribution is 0.594. The predicted molar refractivity (Wildman–Crippen MR) is 113 cm³/mol. The summed E-state index contributed by atoms with van der Waals surface area (Å²) in [7, 11) is -0.508. The second kappa shape index (κ2) is 8.80. The van der Waals surface area contributed by atoms with Crippen LogP contribution in [0.2, 0.25) is 0 Å². The minimum absolute atomic E-state index is 0.366. The fourth-order valence-corrected chi connectivity index (χ4v) is 8.05. The van der Waals surface area contributed by atoms with Crippen LogP contribution >= 0.6 is 21.6 Å². The quantitative estimate of drug-likeness (QED) is 0.452. The third-order valence-corrected chi connectivity index (χ3v) is 9.48. The van der Waals surface area contributed by atoms with Crippen LogP contribution < -0.4 is 0 Å². The van der Waals surface area contributed by atoms with Crippen molar-refractivity contribution in [1.29, 1.82) is 0 Å². The van der Waals surface area contributed by atoms with Gasteiger partial charge in [0.1, 0.15) is 4.58 Å². The fourth-order valence-electron chi connectivity index (χ4n) is 2.49. The second-order valence-corrected chi connectivity index (χ2v) is 10.7. The molecule has 0 bridgehead atoms. The average Bonchev–Trinajstić information content (AvgIpc) is 2.67. The van der Waals surface area contributed by atoms with Crippen LogP contribution in [0.3, 0.4) is 0 Å². The van der Waals surface area contributed by atoms with Gasteiger partial charge in [-0.05, 0) is 30.2 Å². The van der Waals surface area contributed by atoms with Gasteiger partial charge >= 0.3 is 0 Å². The van der Waals surface area contributed by atoms with E-state index in [1.54, 1.807) is 22.9 Å². The topological polar surface area (TPSA) is 34.1 Å². The molecule has 0 amide bonds. The highest BCUT2D eigenvalue weighted by atomic mass is 33.1. The number of hydrogen-bond acceptors (Lipinski definition) is 4. The van der Waals surface area contributed by atoms with Gasteiger partial charge in [0.15, 0.2) is 9.84 Å². The summed E-state index contributed by atoms with van der Waals surface area (Å²) in [5, 5.41) is 0. The smallest absolute Gasteiger partial charge is 0.195 e. The van der Waals surface area contributed by atoms with E-state index >= 15 is 0 Å². The molecule has 0 heterocycles. The molecular formula is C21H20O2S3. The van der Waals surface area contributed by atoms with Crippen LogP contribution in [-0.2, 0) is 15.6 Å². The Morgan fingerprint density at radius 1 is 0.808 bits per heavy atom. The molecule has 0 aromatic heterocycles. The Morgan fingerprint density at radius 3 is 2.00 bits per heavy atom. The number of rotatable bonds is 7. The van der Waals surface area contributed by atoms with Crippen molar-refractivity contribution < 1.29 is 8.42 Å². The molecule has 0 aliphatic heterocycles. The molecule has 5 heteroatoms. The molecule has 0 radical (unpaired) electrons. The first-order valence-electron chi connectivity index (χ1n) is 8.25. The monoisotopic (exact) mass is 400 g/mol. The van der Waals surface area contributed by atoms with Crippen LogP contribution in [0.15, 0.2) is 89.8 Å². The summed E-state index contributed by atoms with van der Waals surface area (Å²) >= 11 is 0. The van der Waals surface area contributed by atoms with E-state index in [9.17, 15) is 8.42 Å². The Morgan fingerprint density at radius 2 is 1.38 bits per heavy atom. The number of hydrogen-bond donors (Lipinski definition) is 0. The maximum absolute atomic E-state index is 13.3. The van der Waals surface area contributed by atoms with Crippen LogP contribution in [0.4, 0.5) is 0 Å². The molecule has 0 saturated heterocycles. The van der Waals surface area contributed by atoms with E-state index in [-0.39, 0.29) is 0 Å². The fraction of sp³-hybridized carbons (Fsp3) is 0.143. The van der Waals surface area contributed by atoms with Gasteiger partial charge in [-0.25, -0.2) is 8.42 Å². The Labute approximate surface area is 163 Å². The van der Waals surface area contributed by atoms with E-state index in [0.717, 1.165) is 16.9 Å². The van der Waals surface area contributed by atoms with Gasteiger partial charge in [0, 0.05) is 5.75 Å². The lowest BCUT2D eigenvalue weighted by Gasteiger charge is -2.17. The summed E-state index contributed by atoms with van der Waals surface area (Å²) in [5.41, 5.74) is 3.04. The zero-order chi connectivity index (χ0) is 18.4. The molecule has 0 aliphatic carbocycles. The Kier molecular flexibility index (Phi) is 6.46. The summed E-state index contributed by atoms with van der Waals surface area (Å²) in [6.07, 6.45) is 0. The van der Waals surface area contributed by atoms with Crippen molar-refractivity contribution >= 4 is 31.4 Å². The third-order valence-electron chi connectivity index (χ3n) is 3.93. The molecule has 1 unspecified atom stereocenters. The first-order chi connectivity index (χ1) is 12.6. The molecule has 2 nitrogen and oxygen atoms in total. The van der Waals surface area contributed by atoms with E-state index in [0.29, 0.717) is 4.90 Å². The van der Waals surface area contributed by atoms with Crippen LogP contribution in [0.5, 0.6) is 0 Å². The van der Waals surface area contributed by atoms with Crippen molar-refractivity contribution in [3.63, 3.8) is 0 Å². The maximum Gasteiger partial charge on any atom is 0.195 e. The lowest BCUT2D eigenvalue weighted by atomic mass is 10.2. The van der Waals surface area contributed by atoms with Gasteiger partial charge in [0.2, 0.25) is 0 Å². The van der Waals surface area contributed by atoms with Gasteiger partial charge < -0.3 is 0 Å².